The SMILES string of the molecule is CNC(Cc1c[n-]c2ccccc12)C(C)=O.[Y]. The van der Waals surface area contributed by atoms with Gasteiger partial charge in [-0.15, -0.1) is 5.52 Å². The summed E-state index contributed by atoms with van der Waals surface area (Å²) in [5.74, 6) is 0.160. The van der Waals surface area contributed by atoms with Crippen LogP contribution in [-0.4, -0.2) is 18.9 Å². The topological polar surface area (TPSA) is 43.2 Å². The van der Waals surface area contributed by atoms with Crippen LogP contribution in [0.2, 0.25) is 0 Å². The summed E-state index contributed by atoms with van der Waals surface area (Å²) >= 11 is 0. The molecule has 17 heavy (non-hydrogen) atoms. The van der Waals surface area contributed by atoms with Crippen molar-refractivity contribution in [2.75, 3.05) is 7.05 Å². The standard InChI is InChI=1S/C13H15N2O.Y/c1-9(16)13(14-2)7-10-8-15-12-6-4-3-5-11(10)12;/h3-6,8,13-14H,7H2,1-2H3;/q-1;. The average molecular weight is 304 g/mol. The monoisotopic (exact) mass is 304 g/mol. The van der Waals surface area contributed by atoms with Crippen LogP contribution in [0.4, 0.5) is 0 Å². The molecular formula is C13H15N2OY-. The summed E-state index contributed by atoms with van der Waals surface area (Å²) in [6.07, 6.45) is 2.56. The number of Topliss-reactive ketones (excluding diaryl/α,β-unsaturated/α-hetero) is 1. The summed E-state index contributed by atoms with van der Waals surface area (Å²) in [6.45, 7) is 1.61. The number of likely N-dealkylation sites (N-methyl/N-ethyl adjacent to an activating group) is 1. The quantitative estimate of drug-likeness (QED) is 0.931. The van der Waals surface area contributed by atoms with Gasteiger partial charge in [-0.2, -0.15) is 6.20 Å². The predicted molar refractivity (Wildman–Crippen MR) is 64.5 cm³/mol. The zero-order valence-corrected chi connectivity index (χ0v) is 12.9. The van der Waals surface area contributed by atoms with Gasteiger partial charge in [0.2, 0.25) is 0 Å². The number of aromatic nitrogens is 1. The molecule has 0 bridgehead atoms. The summed E-state index contributed by atoms with van der Waals surface area (Å²) in [7, 11) is 1.81. The molecular weight excluding hydrogens is 289 g/mol. The third-order valence-electron chi connectivity index (χ3n) is 2.87. The van der Waals surface area contributed by atoms with Crippen LogP contribution in [0.5, 0.6) is 0 Å². The molecule has 1 N–H and O–H groups in total. The normalized spacial score (nSPS) is 12.1. The van der Waals surface area contributed by atoms with Crippen molar-refractivity contribution in [3.8, 4) is 0 Å². The molecule has 1 heterocycles. The summed E-state index contributed by atoms with van der Waals surface area (Å²) in [5, 5.41) is 4.17. The Bertz CT molecular complexity index is 507. The number of benzene rings is 1. The minimum Gasteiger partial charge on any atom is -0.663 e. The summed E-state index contributed by atoms with van der Waals surface area (Å²) in [4.78, 5) is 15.7. The molecule has 1 radical (unpaired) electrons. The van der Waals surface area contributed by atoms with Crippen LogP contribution in [0.15, 0.2) is 30.5 Å². The molecule has 0 fully saturated rings. The molecule has 0 aliphatic heterocycles. The number of nitrogens with zero attached hydrogens (tertiary/aromatic N) is 1. The summed E-state index contributed by atoms with van der Waals surface area (Å²) in [5.41, 5.74) is 2.13. The Morgan fingerprint density at radius 1 is 1.41 bits per heavy atom. The minimum atomic E-state index is -0.118. The Labute approximate surface area is 126 Å². The van der Waals surface area contributed by atoms with Gasteiger partial charge in [0.25, 0.3) is 0 Å². The van der Waals surface area contributed by atoms with Crippen LogP contribution >= 0.6 is 0 Å². The molecule has 0 amide bonds. The number of rotatable bonds is 4. The largest absolute Gasteiger partial charge is 0.663 e. The van der Waals surface area contributed by atoms with Crippen molar-refractivity contribution in [1.29, 1.82) is 0 Å². The molecule has 1 aromatic heterocycles. The smallest absolute Gasteiger partial charge is 0.147 e. The number of fused-ring (bicyclic) bond motifs is 1. The van der Waals surface area contributed by atoms with Gasteiger partial charge in [0, 0.05) is 32.7 Å². The fraction of sp³-hybridized carbons (Fsp3) is 0.308. The summed E-state index contributed by atoms with van der Waals surface area (Å²) in [6, 6.07) is 7.88. The second-order valence-electron chi connectivity index (χ2n) is 3.96. The van der Waals surface area contributed by atoms with E-state index in [0.717, 1.165) is 16.5 Å². The molecule has 2 aromatic rings. The van der Waals surface area contributed by atoms with Gasteiger partial charge < -0.3 is 10.3 Å². The molecule has 1 aromatic carbocycles. The van der Waals surface area contributed by atoms with E-state index in [1.54, 1.807) is 6.92 Å². The van der Waals surface area contributed by atoms with E-state index < -0.39 is 0 Å². The maximum Gasteiger partial charge on any atom is 0.147 e. The number of hydrogen-bond acceptors (Lipinski definition) is 2. The minimum absolute atomic E-state index is 0. The fourth-order valence-corrected chi connectivity index (χ4v) is 1.91. The van der Waals surface area contributed by atoms with Crippen molar-refractivity contribution >= 4 is 16.7 Å². The van der Waals surface area contributed by atoms with Crippen molar-refractivity contribution < 1.29 is 37.5 Å². The fourth-order valence-electron chi connectivity index (χ4n) is 1.91. The first-order valence-corrected chi connectivity index (χ1v) is 5.39. The Hall–Kier alpha value is -0.506. The molecule has 87 valence electrons. The van der Waals surface area contributed by atoms with Gasteiger partial charge in [0.05, 0.1) is 6.04 Å². The molecule has 0 saturated heterocycles. The zero-order valence-electron chi connectivity index (χ0n) is 10.1. The Morgan fingerprint density at radius 2 is 2.12 bits per heavy atom. The maximum atomic E-state index is 11.4. The number of hydrogen-bond donors (Lipinski definition) is 1. The van der Waals surface area contributed by atoms with Gasteiger partial charge >= 0.3 is 0 Å². The Morgan fingerprint density at radius 3 is 2.76 bits per heavy atom. The second-order valence-corrected chi connectivity index (χ2v) is 3.96. The van der Waals surface area contributed by atoms with Gasteiger partial charge in [0.15, 0.2) is 0 Å². The number of carbonyl (C=O) groups excluding carboxylic acids is 1. The van der Waals surface area contributed by atoms with Crippen LogP contribution in [0.25, 0.3) is 10.9 Å². The molecule has 0 spiro atoms. The maximum absolute atomic E-state index is 11.4. The zero-order chi connectivity index (χ0) is 11.5. The van der Waals surface area contributed by atoms with Crippen LogP contribution in [0.1, 0.15) is 12.5 Å². The van der Waals surface area contributed by atoms with E-state index in [1.807, 2.05) is 37.5 Å². The van der Waals surface area contributed by atoms with E-state index >= 15 is 0 Å². The van der Waals surface area contributed by atoms with Gasteiger partial charge in [0.1, 0.15) is 5.78 Å². The number of para-hydroxylation sites is 1. The molecule has 3 nitrogen and oxygen atoms in total. The van der Waals surface area contributed by atoms with E-state index in [1.165, 1.54) is 0 Å². The first kappa shape index (κ1) is 14.6. The van der Waals surface area contributed by atoms with E-state index in [-0.39, 0.29) is 44.5 Å². The molecule has 0 aliphatic rings. The number of nitrogens with one attached hydrogen (secondary N) is 1. The van der Waals surface area contributed by atoms with Crippen molar-refractivity contribution in [3.63, 3.8) is 0 Å². The van der Waals surface area contributed by atoms with Crippen LogP contribution in [-0.2, 0) is 43.9 Å². The van der Waals surface area contributed by atoms with Gasteiger partial charge in [-0.1, -0.05) is 29.8 Å². The molecule has 1 atom stereocenters. The van der Waals surface area contributed by atoms with Gasteiger partial charge in [-0.3, -0.25) is 4.79 Å². The van der Waals surface area contributed by atoms with Crippen molar-refractivity contribution in [1.82, 2.24) is 10.3 Å². The van der Waals surface area contributed by atoms with Crippen molar-refractivity contribution in [2.24, 2.45) is 0 Å². The Kier molecular flexibility index (Phi) is 5.51. The van der Waals surface area contributed by atoms with Crippen molar-refractivity contribution in [3.05, 3.63) is 36.0 Å². The third kappa shape index (κ3) is 3.24. The van der Waals surface area contributed by atoms with Gasteiger partial charge in [-0.25, -0.2) is 0 Å². The van der Waals surface area contributed by atoms with E-state index in [4.69, 9.17) is 0 Å². The van der Waals surface area contributed by atoms with Crippen LogP contribution in [0, 0.1) is 0 Å². The molecule has 2 rings (SSSR count). The first-order chi connectivity index (χ1) is 7.72. The molecule has 0 saturated carbocycles. The van der Waals surface area contributed by atoms with Gasteiger partial charge in [-0.05, 0) is 25.8 Å². The third-order valence-corrected chi connectivity index (χ3v) is 2.87. The molecule has 4 heteroatoms. The van der Waals surface area contributed by atoms with E-state index in [9.17, 15) is 4.79 Å². The van der Waals surface area contributed by atoms with Crippen LogP contribution in [0.3, 0.4) is 0 Å². The molecule has 0 aliphatic carbocycles. The average Bonchev–Trinajstić information content (AvgIpc) is 2.69. The summed E-state index contributed by atoms with van der Waals surface area (Å²) < 4.78 is 0. The number of ketones is 1. The second kappa shape index (κ2) is 6.43. The Balaban J connectivity index is 0.00000144. The van der Waals surface area contributed by atoms with E-state index in [0.29, 0.717) is 6.42 Å². The number of carbonyl (C=O) groups is 1. The van der Waals surface area contributed by atoms with Crippen LogP contribution < -0.4 is 10.3 Å². The van der Waals surface area contributed by atoms with Crippen molar-refractivity contribution in [2.45, 2.75) is 19.4 Å². The molecule has 1 unspecified atom stereocenters. The first-order valence-electron chi connectivity index (χ1n) is 5.39. The predicted octanol–water partition coefficient (Wildman–Crippen LogP) is 1.51. The van der Waals surface area contributed by atoms with E-state index in [2.05, 4.69) is 10.3 Å².